The Bertz CT molecular complexity index is 864. The maximum Gasteiger partial charge on any atom is 0.416 e. The van der Waals surface area contributed by atoms with Gasteiger partial charge in [0, 0.05) is 0 Å². The molecule has 0 fully saturated rings. The molecule has 3 rings (SSSR count). The molecule has 1 atom stereocenters. The van der Waals surface area contributed by atoms with Crippen LogP contribution in [0.25, 0.3) is 5.57 Å². The maximum absolute atomic E-state index is 13.3. The summed E-state index contributed by atoms with van der Waals surface area (Å²) in [5.74, 6) is -0.957. The van der Waals surface area contributed by atoms with Gasteiger partial charge in [-0.3, -0.25) is 4.79 Å². The average molecular weight is 364 g/mol. The third-order valence-corrected chi connectivity index (χ3v) is 4.61. The second kappa shape index (κ2) is 6.27. The minimum absolute atomic E-state index is 0.162. The topological polar surface area (TPSA) is 26.3 Å². The summed E-state index contributed by atoms with van der Waals surface area (Å²) < 4.78 is 56.8. The molecule has 0 saturated carbocycles. The van der Waals surface area contributed by atoms with Crippen LogP contribution in [-0.2, 0) is 21.1 Å². The molecule has 136 valence electrons. The molecule has 0 heterocycles. The van der Waals surface area contributed by atoms with Crippen LogP contribution >= 0.6 is 0 Å². The van der Waals surface area contributed by atoms with Gasteiger partial charge >= 0.3 is 12.1 Å². The van der Waals surface area contributed by atoms with Crippen LogP contribution in [-0.4, -0.2) is 12.6 Å². The monoisotopic (exact) mass is 364 g/mol. The Hall–Kier alpha value is -2.63. The fraction of sp³-hybridized carbons (Fsp3) is 0.250. The molecule has 0 aromatic heterocycles. The summed E-state index contributed by atoms with van der Waals surface area (Å²) in [6, 6.07) is 10.1. The number of halogens is 4. The molecule has 2 aromatic rings. The van der Waals surface area contributed by atoms with Crippen LogP contribution in [0.1, 0.15) is 30.5 Å². The molecule has 1 aliphatic carbocycles. The second-order valence-corrected chi connectivity index (χ2v) is 6.05. The van der Waals surface area contributed by atoms with E-state index in [1.807, 2.05) is 0 Å². The van der Waals surface area contributed by atoms with Gasteiger partial charge in [-0.2, -0.15) is 13.2 Å². The molecule has 6 heteroatoms. The third-order valence-electron chi connectivity index (χ3n) is 4.61. The maximum atomic E-state index is 13.3. The van der Waals surface area contributed by atoms with Gasteiger partial charge in [0.25, 0.3) is 0 Å². The summed E-state index contributed by atoms with van der Waals surface area (Å²) in [6.07, 6.45) is -4.43. The summed E-state index contributed by atoms with van der Waals surface area (Å²) in [5.41, 5.74) is 0.378. The SMILES string of the molecule is CCOC(=O)C1(c2ccc(F)cc2)C(C)=C1c1ccc(C(F)(F)F)cc1. The van der Waals surface area contributed by atoms with Gasteiger partial charge in [0.2, 0.25) is 0 Å². The van der Waals surface area contributed by atoms with Gasteiger partial charge in [0.15, 0.2) is 0 Å². The fourth-order valence-corrected chi connectivity index (χ4v) is 3.34. The van der Waals surface area contributed by atoms with Gasteiger partial charge in [-0.15, -0.1) is 0 Å². The van der Waals surface area contributed by atoms with Crippen LogP contribution in [0.5, 0.6) is 0 Å². The average Bonchev–Trinajstić information content (AvgIpc) is 3.21. The molecule has 0 radical (unpaired) electrons. The first-order valence-corrected chi connectivity index (χ1v) is 8.05. The van der Waals surface area contributed by atoms with E-state index < -0.39 is 28.9 Å². The first-order chi connectivity index (χ1) is 12.2. The molecule has 0 N–H and O–H groups in total. The molecule has 2 nitrogen and oxygen atoms in total. The lowest BCUT2D eigenvalue weighted by atomic mass is 9.86. The zero-order chi connectivity index (χ0) is 19.1. The molecule has 0 amide bonds. The fourth-order valence-electron chi connectivity index (χ4n) is 3.34. The van der Waals surface area contributed by atoms with Crippen LogP contribution in [0.15, 0.2) is 54.1 Å². The van der Waals surface area contributed by atoms with Crippen molar-refractivity contribution in [3.05, 3.63) is 76.6 Å². The molecular weight excluding hydrogens is 348 g/mol. The van der Waals surface area contributed by atoms with E-state index >= 15 is 0 Å². The molecular formula is C20H16F4O2. The highest BCUT2D eigenvalue weighted by Crippen LogP contribution is 2.60. The first kappa shape index (κ1) is 18.2. The normalized spacial score (nSPS) is 19.5. The number of alkyl halides is 3. The van der Waals surface area contributed by atoms with Crippen LogP contribution in [0.3, 0.4) is 0 Å². The lowest BCUT2D eigenvalue weighted by molar-refractivity contribution is -0.145. The molecule has 0 bridgehead atoms. The predicted octanol–water partition coefficient (Wildman–Crippen LogP) is 5.13. The molecule has 0 spiro atoms. The van der Waals surface area contributed by atoms with Gasteiger partial charge in [-0.25, -0.2) is 4.39 Å². The van der Waals surface area contributed by atoms with E-state index in [4.69, 9.17) is 4.74 Å². The Kier molecular flexibility index (Phi) is 4.38. The van der Waals surface area contributed by atoms with Gasteiger partial charge in [-0.1, -0.05) is 24.3 Å². The van der Waals surface area contributed by atoms with Crippen LogP contribution in [0.4, 0.5) is 17.6 Å². The molecule has 1 unspecified atom stereocenters. The molecule has 0 aliphatic heterocycles. The zero-order valence-corrected chi connectivity index (χ0v) is 14.2. The van der Waals surface area contributed by atoms with Crippen molar-refractivity contribution in [2.75, 3.05) is 6.61 Å². The zero-order valence-electron chi connectivity index (χ0n) is 14.2. The van der Waals surface area contributed by atoms with E-state index in [0.29, 0.717) is 22.3 Å². The number of rotatable bonds is 4. The van der Waals surface area contributed by atoms with Crippen molar-refractivity contribution in [2.24, 2.45) is 0 Å². The Balaban J connectivity index is 2.03. The highest BCUT2D eigenvalue weighted by Gasteiger charge is 2.59. The Morgan fingerprint density at radius 3 is 2.12 bits per heavy atom. The summed E-state index contributed by atoms with van der Waals surface area (Å²) >= 11 is 0. The van der Waals surface area contributed by atoms with Crippen LogP contribution in [0.2, 0.25) is 0 Å². The van der Waals surface area contributed by atoms with Crippen LogP contribution < -0.4 is 0 Å². The van der Waals surface area contributed by atoms with Crippen molar-refractivity contribution >= 4 is 11.5 Å². The number of hydrogen-bond donors (Lipinski definition) is 0. The largest absolute Gasteiger partial charge is 0.465 e. The molecule has 0 saturated heterocycles. The second-order valence-electron chi connectivity index (χ2n) is 6.05. The number of benzene rings is 2. The number of esters is 1. The number of hydrogen-bond acceptors (Lipinski definition) is 2. The van der Waals surface area contributed by atoms with Gasteiger partial charge in [-0.05, 0) is 60.4 Å². The number of ether oxygens (including phenoxy) is 1. The van der Waals surface area contributed by atoms with Gasteiger partial charge < -0.3 is 4.74 Å². The van der Waals surface area contributed by atoms with Crippen molar-refractivity contribution in [1.29, 1.82) is 0 Å². The van der Waals surface area contributed by atoms with E-state index in [1.54, 1.807) is 13.8 Å². The Morgan fingerprint density at radius 1 is 1.04 bits per heavy atom. The predicted molar refractivity (Wildman–Crippen MR) is 88.7 cm³/mol. The third kappa shape index (κ3) is 2.79. The summed E-state index contributed by atoms with van der Waals surface area (Å²) in [7, 11) is 0. The summed E-state index contributed by atoms with van der Waals surface area (Å²) in [4.78, 5) is 12.7. The smallest absolute Gasteiger partial charge is 0.416 e. The van der Waals surface area contributed by atoms with E-state index in [-0.39, 0.29) is 6.61 Å². The van der Waals surface area contributed by atoms with Crippen molar-refractivity contribution in [1.82, 2.24) is 0 Å². The Labute approximate surface area is 148 Å². The van der Waals surface area contributed by atoms with E-state index in [1.165, 1.54) is 36.4 Å². The highest BCUT2D eigenvalue weighted by molar-refractivity contribution is 6.15. The van der Waals surface area contributed by atoms with Crippen molar-refractivity contribution in [3.63, 3.8) is 0 Å². The minimum atomic E-state index is -4.43. The number of carbonyl (C=O) groups is 1. The first-order valence-electron chi connectivity index (χ1n) is 8.05. The van der Waals surface area contributed by atoms with Gasteiger partial charge in [0.05, 0.1) is 12.2 Å². The molecule has 26 heavy (non-hydrogen) atoms. The highest BCUT2D eigenvalue weighted by atomic mass is 19.4. The van der Waals surface area contributed by atoms with Crippen molar-refractivity contribution in [3.8, 4) is 0 Å². The van der Waals surface area contributed by atoms with Crippen molar-refractivity contribution in [2.45, 2.75) is 25.4 Å². The van der Waals surface area contributed by atoms with E-state index in [0.717, 1.165) is 12.1 Å². The Morgan fingerprint density at radius 2 is 1.62 bits per heavy atom. The van der Waals surface area contributed by atoms with Gasteiger partial charge in [0.1, 0.15) is 11.2 Å². The van der Waals surface area contributed by atoms with E-state index in [9.17, 15) is 22.4 Å². The van der Waals surface area contributed by atoms with Crippen molar-refractivity contribution < 1.29 is 27.1 Å². The quantitative estimate of drug-likeness (QED) is 0.555. The summed E-state index contributed by atoms with van der Waals surface area (Å²) in [6.45, 7) is 3.56. The van der Waals surface area contributed by atoms with E-state index in [2.05, 4.69) is 0 Å². The lowest BCUT2D eigenvalue weighted by Crippen LogP contribution is -2.28. The van der Waals surface area contributed by atoms with Crippen LogP contribution in [0, 0.1) is 5.82 Å². The minimum Gasteiger partial charge on any atom is -0.465 e. The lowest BCUT2D eigenvalue weighted by Gasteiger charge is -2.19. The molecule has 2 aromatic carbocycles. The summed E-state index contributed by atoms with van der Waals surface area (Å²) in [5, 5.41) is 0. The standard InChI is InChI=1S/C20H16F4O2/c1-3-26-18(25)19(14-8-10-16(21)11-9-14)12(2)17(19)13-4-6-15(7-5-13)20(22,23)24/h4-11H,3H2,1-2H3. The number of carbonyl (C=O) groups excluding carboxylic acids is 1. The molecule has 1 aliphatic rings.